The molecule has 1 N–H and O–H groups in total. The first kappa shape index (κ1) is 21.8. The molecule has 4 aliphatic rings. The second-order valence-electron chi connectivity index (χ2n) is 11.6. The summed E-state index contributed by atoms with van der Waals surface area (Å²) in [6.07, 6.45) is 14.6. The quantitative estimate of drug-likeness (QED) is 0.547. The van der Waals surface area contributed by atoms with Crippen LogP contribution in [0.1, 0.15) is 97.8 Å². The minimum Gasteiger partial charge on any atom is -0.396 e. The van der Waals surface area contributed by atoms with Crippen molar-refractivity contribution >= 4 is 5.78 Å². The summed E-state index contributed by atoms with van der Waals surface area (Å²) in [5.41, 5.74) is 0.867. The lowest BCUT2D eigenvalue weighted by Gasteiger charge is -2.62. The summed E-state index contributed by atoms with van der Waals surface area (Å²) in [5.74, 6) is 3.54. The van der Waals surface area contributed by atoms with Crippen LogP contribution in [-0.2, 0) is 9.53 Å². The third kappa shape index (κ3) is 3.95. The summed E-state index contributed by atoms with van der Waals surface area (Å²) >= 11 is 0. The first-order chi connectivity index (χ1) is 13.9. The summed E-state index contributed by atoms with van der Waals surface area (Å²) in [7, 11) is 0. The highest BCUT2D eigenvalue weighted by Crippen LogP contribution is 2.66. The molecule has 4 saturated carbocycles. The van der Waals surface area contributed by atoms with Crippen molar-refractivity contribution in [2.24, 2.45) is 40.4 Å². The highest BCUT2D eigenvalue weighted by Gasteiger charge is 2.61. The lowest BCUT2D eigenvalue weighted by molar-refractivity contribution is -0.182. The van der Waals surface area contributed by atoms with Crippen molar-refractivity contribution in [2.75, 3.05) is 13.2 Å². The van der Waals surface area contributed by atoms with E-state index >= 15 is 0 Å². The predicted molar refractivity (Wildman–Crippen MR) is 117 cm³/mol. The zero-order valence-electron chi connectivity index (χ0n) is 19.1. The minimum absolute atomic E-state index is 0.248. The Morgan fingerprint density at radius 3 is 2.66 bits per heavy atom. The van der Waals surface area contributed by atoms with Crippen molar-refractivity contribution in [2.45, 2.75) is 104 Å². The fourth-order valence-corrected chi connectivity index (χ4v) is 8.32. The Morgan fingerprint density at radius 2 is 1.86 bits per heavy atom. The van der Waals surface area contributed by atoms with Crippen LogP contribution < -0.4 is 0 Å². The van der Waals surface area contributed by atoms with Gasteiger partial charge in [0, 0.05) is 25.6 Å². The number of hydrogen-bond acceptors (Lipinski definition) is 3. The van der Waals surface area contributed by atoms with Gasteiger partial charge in [0.15, 0.2) is 0 Å². The maximum atomic E-state index is 12.6. The number of aliphatic hydroxyl groups is 1. The predicted octanol–water partition coefficient (Wildman–Crippen LogP) is 5.78. The van der Waals surface area contributed by atoms with Gasteiger partial charge in [-0.25, -0.2) is 0 Å². The number of carbonyl (C=O) groups excluding carboxylic acids is 1. The van der Waals surface area contributed by atoms with Gasteiger partial charge in [0.25, 0.3) is 0 Å². The molecule has 4 aliphatic carbocycles. The van der Waals surface area contributed by atoms with Crippen LogP contribution in [0.15, 0.2) is 0 Å². The van der Waals surface area contributed by atoms with E-state index in [0.29, 0.717) is 41.2 Å². The van der Waals surface area contributed by atoms with Gasteiger partial charge in [0.05, 0.1) is 6.10 Å². The highest BCUT2D eigenvalue weighted by molar-refractivity contribution is 5.82. The Labute approximate surface area is 178 Å². The normalized spacial score (nSPS) is 46.8. The van der Waals surface area contributed by atoms with Crippen molar-refractivity contribution in [3.8, 4) is 0 Å². The molecule has 0 aliphatic heterocycles. The third-order valence-corrected chi connectivity index (χ3v) is 9.97. The maximum absolute atomic E-state index is 12.6. The second-order valence-corrected chi connectivity index (χ2v) is 11.6. The molecular weight excluding hydrogens is 360 g/mol. The van der Waals surface area contributed by atoms with Crippen molar-refractivity contribution in [1.29, 1.82) is 0 Å². The van der Waals surface area contributed by atoms with Crippen molar-refractivity contribution in [3.05, 3.63) is 0 Å². The molecule has 0 aromatic carbocycles. The van der Waals surface area contributed by atoms with Gasteiger partial charge in [0.1, 0.15) is 5.78 Å². The molecule has 0 aromatic heterocycles. The molecule has 0 saturated heterocycles. The van der Waals surface area contributed by atoms with Crippen LogP contribution in [0.2, 0.25) is 0 Å². The smallest absolute Gasteiger partial charge is 0.136 e. The highest BCUT2D eigenvalue weighted by atomic mass is 16.5. The molecule has 0 bridgehead atoms. The molecule has 0 spiro atoms. The molecule has 0 heterocycles. The van der Waals surface area contributed by atoms with Gasteiger partial charge in [-0.15, -0.1) is 0 Å². The van der Waals surface area contributed by atoms with Gasteiger partial charge >= 0.3 is 0 Å². The number of ether oxygens (including phenoxy) is 1. The molecular formula is C26H44O3. The van der Waals surface area contributed by atoms with Crippen molar-refractivity contribution in [3.63, 3.8) is 0 Å². The van der Waals surface area contributed by atoms with E-state index in [2.05, 4.69) is 20.8 Å². The van der Waals surface area contributed by atoms with Gasteiger partial charge in [-0.1, -0.05) is 40.0 Å². The van der Waals surface area contributed by atoms with Gasteiger partial charge in [0.2, 0.25) is 0 Å². The summed E-state index contributed by atoms with van der Waals surface area (Å²) < 4.78 is 6.67. The summed E-state index contributed by atoms with van der Waals surface area (Å²) in [6, 6.07) is 0. The molecule has 29 heavy (non-hydrogen) atoms. The monoisotopic (exact) mass is 404 g/mol. The fourth-order valence-electron chi connectivity index (χ4n) is 8.32. The van der Waals surface area contributed by atoms with E-state index in [-0.39, 0.29) is 5.92 Å². The number of carbonyl (C=O) groups is 1. The number of rotatable bonds is 7. The molecule has 0 aromatic rings. The number of fused-ring (bicyclic) bond motifs is 5. The molecule has 1 unspecified atom stereocenters. The van der Waals surface area contributed by atoms with Crippen LogP contribution in [0.3, 0.4) is 0 Å². The maximum Gasteiger partial charge on any atom is 0.136 e. The lowest BCUT2D eigenvalue weighted by Crippen LogP contribution is -2.59. The minimum atomic E-state index is 0.248. The van der Waals surface area contributed by atoms with E-state index in [0.717, 1.165) is 63.4 Å². The molecule has 0 amide bonds. The van der Waals surface area contributed by atoms with Crippen LogP contribution in [0.4, 0.5) is 0 Å². The van der Waals surface area contributed by atoms with Crippen molar-refractivity contribution in [1.82, 2.24) is 0 Å². The molecule has 166 valence electrons. The van der Waals surface area contributed by atoms with Crippen LogP contribution in [0, 0.1) is 40.4 Å². The van der Waals surface area contributed by atoms with E-state index < -0.39 is 0 Å². The SMILES string of the molecule is C[C@@H]1C[C@@]2(C)[C@H](CC1=O)CC(OCCCCCCO)[C@@H]1[C@@H]3CCC[C@@]3(C)CC[C@@H]12. The average Bonchev–Trinajstić information content (AvgIpc) is 3.08. The Kier molecular flexibility index (Phi) is 6.48. The molecule has 4 fully saturated rings. The van der Waals surface area contributed by atoms with E-state index in [1.54, 1.807) is 0 Å². The first-order valence-corrected chi connectivity index (χ1v) is 12.6. The summed E-state index contributed by atoms with van der Waals surface area (Å²) in [6.45, 7) is 8.45. The van der Waals surface area contributed by atoms with Gasteiger partial charge < -0.3 is 9.84 Å². The Balaban J connectivity index is 1.52. The molecule has 8 atom stereocenters. The number of hydrogen-bond donors (Lipinski definition) is 1. The molecule has 0 radical (unpaired) electrons. The molecule has 4 rings (SSSR count). The molecule has 3 heteroatoms. The zero-order chi connectivity index (χ0) is 20.6. The largest absolute Gasteiger partial charge is 0.396 e. The van der Waals surface area contributed by atoms with E-state index in [9.17, 15) is 4.79 Å². The van der Waals surface area contributed by atoms with Gasteiger partial charge in [-0.3, -0.25) is 4.79 Å². The topological polar surface area (TPSA) is 46.5 Å². The van der Waals surface area contributed by atoms with Crippen LogP contribution in [-0.4, -0.2) is 30.2 Å². The van der Waals surface area contributed by atoms with E-state index in [1.807, 2.05) is 0 Å². The van der Waals surface area contributed by atoms with Gasteiger partial charge in [-0.05, 0) is 85.9 Å². The van der Waals surface area contributed by atoms with Gasteiger partial charge in [-0.2, -0.15) is 0 Å². The Morgan fingerprint density at radius 1 is 1.07 bits per heavy atom. The number of ketones is 1. The standard InChI is InChI=1S/C26H44O3/c1-18-17-26(3)19(15-22(18)28)16-23(29-14-7-5-4-6-13-27)24-20-9-8-11-25(20,2)12-10-21(24)26/h18-21,23-24,27H,4-17H2,1-3H3/t18-,19-,20+,21+,23?,24-,25+,26+/m1/s1. The van der Waals surface area contributed by atoms with Crippen LogP contribution in [0.25, 0.3) is 0 Å². The Bertz CT molecular complexity index is 589. The summed E-state index contributed by atoms with van der Waals surface area (Å²) in [5, 5.41) is 8.98. The Hall–Kier alpha value is -0.410. The zero-order valence-corrected chi connectivity index (χ0v) is 19.1. The fraction of sp³-hybridized carbons (Fsp3) is 0.962. The van der Waals surface area contributed by atoms with Crippen LogP contribution >= 0.6 is 0 Å². The lowest BCUT2D eigenvalue weighted by atomic mass is 9.44. The summed E-state index contributed by atoms with van der Waals surface area (Å²) in [4.78, 5) is 12.6. The van der Waals surface area contributed by atoms with Crippen molar-refractivity contribution < 1.29 is 14.6 Å². The number of unbranched alkanes of at least 4 members (excludes halogenated alkanes) is 3. The number of Topliss-reactive ketones (excluding diaryl/α,β-unsaturated/α-hetero) is 1. The second kappa shape index (κ2) is 8.61. The number of aliphatic hydroxyl groups excluding tert-OH is 1. The molecule has 3 nitrogen and oxygen atoms in total. The first-order valence-electron chi connectivity index (χ1n) is 12.6. The third-order valence-electron chi connectivity index (χ3n) is 9.97. The van der Waals surface area contributed by atoms with Crippen LogP contribution in [0.5, 0.6) is 0 Å². The van der Waals surface area contributed by atoms with E-state index in [4.69, 9.17) is 9.84 Å². The average molecular weight is 405 g/mol. The van der Waals surface area contributed by atoms with E-state index in [1.165, 1.54) is 32.1 Å².